The number of hydrogen-bond donors (Lipinski definition) is 1. The summed E-state index contributed by atoms with van der Waals surface area (Å²) in [6, 6.07) is 14.1. The van der Waals surface area contributed by atoms with Gasteiger partial charge in [0.05, 0.1) is 13.7 Å². The SMILES string of the molecule is COC(=O)c1[nH]c2c(C)ccc(C)c2c1/C=N/Cc1ccccc1. The summed E-state index contributed by atoms with van der Waals surface area (Å²) in [5.74, 6) is -0.383. The Morgan fingerprint density at radius 2 is 1.83 bits per heavy atom. The van der Waals surface area contributed by atoms with Crippen LogP contribution in [0.15, 0.2) is 47.5 Å². The van der Waals surface area contributed by atoms with Crippen molar-refractivity contribution in [3.8, 4) is 0 Å². The standard InChI is InChI=1S/C20H20N2O2/c1-13-9-10-14(2)18-17(13)16(19(22-18)20(23)24-3)12-21-11-15-7-5-4-6-8-15/h4-10,12,22H,11H2,1-3H3/b21-12+. The van der Waals surface area contributed by atoms with Gasteiger partial charge in [-0.05, 0) is 30.5 Å². The van der Waals surface area contributed by atoms with Crippen LogP contribution >= 0.6 is 0 Å². The van der Waals surface area contributed by atoms with Gasteiger partial charge in [0.15, 0.2) is 0 Å². The highest BCUT2D eigenvalue weighted by molar-refractivity contribution is 6.10. The molecule has 24 heavy (non-hydrogen) atoms. The maximum atomic E-state index is 12.1. The number of carbonyl (C=O) groups is 1. The Kier molecular flexibility index (Phi) is 4.47. The van der Waals surface area contributed by atoms with Crippen LogP contribution in [0.3, 0.4) is 0 Å². The summed E-state index contributed by atoms with van der Waals surface area (Å²) < 4.78 is 4.92. The number of nitrogens with zero attached hydrogens (tertiary/aromatic N) is 1. The number of carbonyl (C=O) groups excluding carboxylic acids is 1. The second-order valence-corrected chi connectivity index (χ2v) is 5.81. The Labute approximate surface area is 141 Å². The van der Waals surface area contributed by atoms with Crippen LogP contribution in [0, 0.1) is 13.8 Å². The molecule has 0 fully saturated rings. The second kappa shape index (κ2) is 6.71. The molecule has 3 aromatic rings. The Bertz CT molecular complexity index is 908. The third kappa shape index (κ3) is 2.95. The number of aromatic nitrogens is 1. The highest BCUT2D eigenvalue weighted by atomic mass is 16.5. The molecule has 0 atom stereocenters. The lowest BCUT2D eigenvalue weighted by Crippen LogP contribution is -2.05. The minimum atomic E-state index is -0.383. The smallest absolute Gasteiger partial charge is 0.355 e. The van der Waals surface area contributed by atoms with E-state index in [-0.39, 0.29) is 5.97 Å². The molecule has 0 amide bonds. The fourth-order valence-corrected chi connectivity index (χ4v) is 2.85. The molecule has 0 bridgehead atoms. The first kappa shape index (κ1) is 16.0. The summed E-state index contributed by atoms with van der Waals surface area (Å²) in [5, 5.41) is 1.02. The minimum Gasteiger partial charge on any atom is -0.464 e. The molecule has 2 aromatic carbocycles. The summed E-state index contributed by atoms with van der Waals surface area (Å²) in [5.41, 5.74) is 5.50. The van der Waals surface area contributed by atoms with Crippen LogP contribution in [0.1, 0.15) is 32.7 Å². The Hall–Kier alpha value is -2.88. The summed E-state index contributed by atoms with van der Waals surface area (Å²) >= 11 is 0. The van der Waals surface area contributed by atoms with Crippen LogP contribution in [-0.2, 0) is 11.3 Å². The number of aliphatic imine (C=N–C) groups is 1. The van der Waals surface area contributed by atoms with Crippen LogP contribution in [-0.4, -0.2) is 24.3 Å². The van der Waals surface area contributed by atoms with Crippen LogP contribution in [0.2, 0.25) is 0 Å². The normalized spacial score (nSPS) is 11.3. The predicted molar refractivity (Wildman–Crippen MR) is 96.9 cm³/mol. The minimum absolute atomic E-state index is 0.383. The van der Waals surface area contributed by atoms with Crippen molar-refractivity contribution in [3.05, 3.63) is 70.4 Å². The van der Waals surface area contributed by atoms with Crippen LogP contribution in [0.4, 0.5) is 0 Å². The molecule has 3 rings (SSSR count). The number of aryl methyl sites for hydroxylation is 2. The number of benzene rings is 2. The molecule has 0 aliphatic rings. The van der Waals surface area contributed by atoms with E-state index in [2.05, 4.69) is 16.0 Å². The molecular weight excluding hydrogens is 300 g/mol. The maximum absolute atomic E-state index is 12.1. The van der Waals surface area contributed by atoms with E-state index in [1.807, 2.05) is 50.2 Å². The first-order chi connectivity index (χ1) is 11.6. The lowest BCUT2D eigenvalue weighted by molar-refractivity contribution is 0.0595. The average molecular weight is 320 g/mol. The maximum Gasteiger partial charge on any atom is 0.355 e. The molecule has 1 heterocycles. The van der Waals surface area contributed by atoms with Crippen LogP contribution in [0.25, 0.3) is 10.9 Å². The topological polar surface area (TPSA) is 54.5 Å². The zero-order valence-corrected chi connectivity index (χ0v) is 14.1. The van der Waals surface area contributed by atoms with Gasteiger partial charge < -0.3 is 9.72 Å². The quantitative estimate of drug-likeness (QED) is 0.579. The van der Waals surface area contributed by atoms with Crippen molar-refractivity contribution in [2.75, 3.05) is 7.11 Å². The molecule has 0 radical (unpaired) electrons. The van der Waals surface area contributed by atoms with Gasteiger partial charge in [-0.1, -0.05) is 42.5 Å². The highest BCUT2D eigenvalue weighted by Crippen LogP contribution is 2.27. The zero-order valence-electron chi connectivity index (χ0n) is 14.1. The second-order valence-electron chi connectivity index (χ2n) is 5.81. The zero-order chi connectivity index (χ0) is 17.1. The van der Waals surface area contributed by atoms with E-state index in [0.717, 1.165) is 33.2 Å². The van der Waals surface area contributed by atoms with Gasteiger partial charge in [-0.2, -0.15) is 0 Å². The third-order valence-electron chi connectivity index (χ3n) is 4.14. The summed E-state index contributed by atoms with van der Waals surface area (Å²) in [6.07, 6.45) is 1.77. The third-order valence-corrected chi connectivity index (χ3v) is 4.14. The van der Waals surface area contributed by atoms with Crippen LogP contribution < -0.4 is 0 Å². The largest absolute Gasteiger partial charge is 0.464 e. The molecule has 0 aliphatic carbocycles. The Balaban J connectivity index is 2.07. The van der Waals surface area contributed by atoms with Crippen molar-refractivity contribution in [1.82, 2.24) is 4.98 Å². The number of fused-ring (bicyclic) bond motifs is 1. The summed E-state index contributed by atoms with van der Waals surface area (Å²) in [7, 11) is 1.39. The number of nitrogens with one attached hydrogen (secondary N) is 1. The molecular formula is C20H20N2O2. The molecule has 4 nitrogen and oxygen atoms in total. The lowest BCUT2D eigenvalue weighted by Gasteiger charge is -2.02. The van der Waals surface area contributed by atoms with E-state index in [1.165, 1.54) is 7.11 Å². The van der Waals surface area contributed by atoms with Crippen molar-refractivity contribution in [1.29, 1.82) is 0 Å². The Morgan fingerprint density at radius 3 is 2.54 bits per heavy atom. The first-order valence-electron chi connectivity index (χ1n) is 7.85. The van der Waals surface area contributed by atoms with Crippen molar-refractivity contribution in [2.24, 2.45) is 4.99 Å². The van der Waals surface area contributed by atoms with E-state index in [1.54, 1.807) is 6.21 Å². The molecule has 4 heteroatoms. The average Bonchev–Trinajstić information content (AvgIpc) is 2.99. The van der Waals surface area contributed by atoms with Gasteiger partial charge in [0.2, 0.25) is 0 Å². The van der Waals surface area contributed by atoms with Gasteiger partial charge in [0.1, 0.15) is 5.69 Å². The van der Waals surface area contributed by atoms with Crippen molar-refractivity contribution < 1.29 is 9.53 Å². The van der Waals surface area contributed by atoms with Gasteiger partial charge in [-0.15, -0.1) is 0 Å². The molecule has 122 valence electrons. The van der Waals surface area contributed by atoms with Gasteiger partial charge in [-0.25, -0.2) is 4.79 Å². The summed E-state index contributed by atoms with van der Waals surface area (Å²) in [6.45, 7) is 4.62. The van der Waals surface area contributed by atoms with E-state index in [0.29, 0.717) is 12.2 Å². The molecule has 0 saturated carbocycles. The molecule has 1 N–H and O–H groups in total. The fourth-order valence-electron chi connectivity index (χ4n) is 2.85. The highest BCUT2D eigenvalue weighted by Gasteiger charge is 2.19. The first-order valence-corrected chi connectivity index (χ1v) is 7.85. The van der Waals surface area contributed by atoms with Crippen molar-refractivity contribution >= 4 is 23.1 Å². The fraction of sp³-hybridized carbons (Fsp3) is 0.200. The van der Waals surface area contributed by atoms with Gasteiger partial charge in [0, 0.05) is 22.7 Å². The van der Waals surface area contributed by atoms with Crippen LogP contribution in [0.5, 0.6) is 0 Å². The van der Waals surface area contributed by atoms with Gasteiger partial charge in [-0.3, -0.25) is 4.99 Å². The molecule has 0 aliphatic heterocycles. The molecule has 0 unspecified atom stereocenters. The van der Waals surface area contributed by atoms with Gasteiger partial charge >= 0.3 is 5.97 Å². The van der Waals surface area contributed by atoms with Gasteiger partial charge in [0.25, 0.3) is 0 Å². The number of aromatic amines is 1. The van der Waals surface area contributed by atoms with Crippen molar-refractivity contribution in [3.63, 3.8) is 0 Å². The lowest BCUT2D eigenvalue weighted by atomic mass is 10.0. The van der Waals surface area contributed by atoms with Crippen molar-refractivity contribution in [2.45, 2.75) is 20.4 Å². The van der Waals surface area contributed by atoms with E-state index in [4.69, 9.17) is 4.74 Å². The van der Waals surface area contributed by atoms with E-state index >= 15 is 0 Å². The van der Waals surface area contributed by atoms with E-state index < -0.39 is 0 Å². The number of rotatable bonds is 4. The summed E-state index contributed by atoms with van der Waals surface area (Å²) in [4.78, 5) is 19.9. The number of esters is 1. The number of hydrogen-bond acceptors (Lipinski definition) is 3. The monoisotopic (exact) mass is 320 g/mol. The molecule has 1 aromatic heterocycles. The number of ether oxygens (including phenoxy) is 1. The number of methoxy groups -OCH3 is 1. The predicted octanol–water partition coefficient (Wildman–Crippen LogP) is 4.19. The molecule has 0 spiro atoms. The Morgan fingerprint density at radius 1 is 1.12 bits per heavy atom. The number of H-pyrrole nitrogens is 1. The van der Waals surface area contributed by atoms with E-state index in [9.17, 15) is 4.79 Å². The molecule has 0 saturated heterocycles.